The molecule has 0 aromatic heterocycles. The van der Waals surface area contributed by atoms with Gasteiger partial charge in [-0.05, 0) is 15.4 Å². The Bertz CT molecular complexity index is 642. The van der Waals surface area contributed by atoms with Gasteiger partial charge in [0.2, 0.25) is 0 Å². The highest BCUT2D eigenvalue weighted by atomic mass is 28.4. The van der Waals surface area contributed by atoms with Crippen molar-refractivity contribution in [2.75, 3.05) is 6.61 Å². The molecule has 2 aromatic carbocycles. The predicted molar refractivity (Wildman–Crippen MR) is 100 cm³/mol. The molecular weight excluding hydrogens is 357 g/mol. The summed E-state index contributed by atoms with van der Waals surface area (Å²) in [6.07, 6.45) is -7.04. The second-order valence-electron chi connectivity index (χ2n) is 7.32. The number of hydrogen-bond acceptors (Lipinski definition) is 2. The van der Waals surface area contributed by atoms with Crippen LogP contribution in [0.5, 0.6) is 0 Å². The van der Waals surface area contributed by atoms with Gasteiger partial charge in [0.05, 0.1) is 0 Å². The first-order chi connectivity index (χ1) is 12.1. The average molecular weight is 382 g/mol. The maximum Gasteiger partial charge on any atom is 0.413 e. The van der Waals surface area contributed by atoms with Crippen LogP contribution in [0, 0.1) is 0 Å². The zero-order valence-corrected chi connectivity index (χ0v) is 16.3. The highest BCUT2D eigenvalue weighted by Gasteiger charge is 2.55. The molecule has 1 N–H and O–H groups in total. The van der Waals surface area contributed by atoms with E-state index in [1.54, 1.807) is 0 Å². The van der Waals surface area contributed by atoms with E-state index < -0.39 is 38.7 Å². The van der Waals surface area contributed by atoms with Gasteiger partial charge in [-0.15, -0.1) is 0 Å². The molecule has 0 saturated carbocycles. The van der Waals surface area contributed by atoms with Crippen molar-refractivity contribution >= 4 is 18.7 Å². The lowest BCUT2D eigenvalue weighted by molar-refractivity contribution is -0.201. The molecule has 0 fully saturated rings. The smallest absolute Gasteiger partial charge is 0.396 e. The Kier molecular flexibility index (Phi) is 6.32. The van der Waals surface area contributed by atoms with Gasteiger partial charge in [0, 0.05) is 13.0 Å². The Morgan fingerprint density at radius 1 is 0.885 bits per heavy atom. The molecule has 0 spiro atoms. The summed E-state index contributed by atoms with van der Waals surface area (Å²) in [4.78, 5) is 0. The average Bonchev–Trinajstić information content (AvgIpc) is 2.58. The number of aliphatic hydroxyl groups is 1. The Morgan fingerprint density at radius 2 is 1.31 bits per heavy atom. The van der Waals surface area contributed by atoms with Gasteiger partial charge >= 0.3 is 6.18 Å². The molecule has 6 heteroatoms. The van der Waals surface area contributed by atoms with Gasteiger partial charge < -0.3 is 9.53 Å². The lowest BCUT2D eigenvalue weighted by atomic mass is 10.2. The maximum absolute atomic E-state index is 13.6. The first kappa shape index (κ1) is 20.7. The maximum atomic E-state index is 13.6. The number of aliphatic hydroxyl groups excluding tert-OH is 1. The summed E-state index contributed by atoms with van der Waals surface area (Å²) in [6, 6.07) is 18.3. The van der Waals surface area contributed by atoms with Crippen LogP contribution in [-0.4, -0.2) is 32.3 Å². The van der Waals surface area contributed by atoms with E-state index in [9.17, 15) is 18.3 Å². The van der Waals surface area contributed by atoms with Crippen LogP contribution in [0.2, 0.25) is 5.04 Å². The second-order valence-corrected chi connectivity index (χ2v) is 11.6. The molecule has 0 amide bonds. The highest BCUT2D eigenvalue weighted by Crippen LogP contribution is 2.40. The van der Waals surface area contributed by atoms with Gasteiger partial charge in [-0.25, -0.2) is 0 Å². The third-order valence-electron chi connectivity index (χ3n) is 4.49. The molecule has 0 aliphatic carbocycles. The lowest BCUT2D eigenvalue weighted by Crippen LogP contribution is -2.68. The van der Waals surface area contributed by atoms with Crippen LogP contribution in [0.25, 0.3) is 0 Å². The number of alkyl halides is 3. The Balaban J connectivity index is 2.71. The van der Waals surface area contributed by atoms with Gasteiger partial charge in [0.1, 0.15) is 6.10 Å². The van der Waals surface area contributed by atoms with Gasteiger partial charge in [-0.3, -0.25) is 0 Å². The third kappa shape index (κ3) is 4.19. The summed E-state index contributed by atoms with van der Waals surface area (Å²) in [7, 11) is -3.29. The molecule has 26 heavy (non-hydrogen) atoms. The molecule has 142 valence electrons. The van der Waals surface area contributed by atoms with Crippen LogP contribution >= 0.6 is 0 Å². The van der Waals surface area contributed by atoms with Gasteiger partial charge in [-0.2, -0.15) is 13.2 Å². The van der Waals surface area contributed by atoms with Crippen molar-refractivity contribution in [1.29, 1.82) is 0 Å². The first-order valence-corrected chi connectivity index (χ1v) is 10.5. The molecule has 0 bridgehead atoms. The number of hydrogen-bond donors (Lipinski definition) is 1. The van der Waals surface area contributed by atoms with Crippen LogP contribution in [0.15, 0.2) is 60.7 Å². The molecule has 1 atom stereocenters. The SMILES string of the molecule is CC(C)(C)[Si](O[C@@H](CCO)C(F)(F)F)(c1ccccc1)c1ccccc1. The fraction of sp³-hybridized carbons (Fsp3) is 0.400. The minimum absolute atomic E-state index is 0.478. The molecule has 0 saturated heterocycles. The van der Waals surface area contributed by atoms with Gasteiger partial charge in [-0.1, -0.05) is 81.4 Å². The molecule has 0 aliphatic rings. The fourth-order valence-corrected chi connectivity index (χ4v) is 8.00. The molecule has 2 nitrogen and oxygen atoms in total. The third-order valence-corrected chi connectivity index (χ3v) is 9.54. The topological polar surface area (TPSA) is 29.5 Å². The number of halogens is 3. The van der Waals surface area contributed by atoms with Crippen molar-refractivity contribution in [1.82, 2.24) is 0 Å². The van der Waals surface area contributed by atoms with Crippen LogP contribution in [0.3, 0.4) is 0 Å². The van der Waals surface area contributed by atoms with E-state index in [1.807, 2.05) is 81.4 Å². The van der Waals surface area contributed by atoms with E-state index in [-0.39, 0.29) is 0 Å². The van der Waals surface area contributed by atoms with Crippen LogP contribution in [0.1, 0.15) is 27.2 Å². The zero-order valence-electron chi connectivity index (χ0n) is 15.3. The van der Waals surface area contributed by atoms with Crippen molar-refractivity contribution in [3.63, 3.8) is 0 Å². The highest BCUT2D eigenvalue weighted by molar-refractivity contribution is 6.99. The monoisotopic (exact) mass is 382 g/mol. The summed E-state index contributed by atoms with van der Waals surface area (Å²) in [6.45, 7) is 5.19. The Morgan fingerprint density at radius 3 is 1.62 bits per heavy atom. The molecule has 0 heterocycles. The van der Waals surface area contributed by atoms with Crippen LogP contribution in [-0.2, 0) is 4.43 Å². The van der Waals surface area contributed by atoms with E-state index >= 15 is 0 Å². The lowest BCUT2D eigenvalue weighted by Gasteiger charge is -2.45. The van der Waals surface area contributed by atoms with E-state index in [4.69, 9.17) is 4.43 Å². The molecule has 2 aromatic rings. The van der Waals surface area contributed by atoms with E-state index in [1.165, 1.54) is 0 Å². The van der Waals surface area contributed by atoms with Crippen molar-refractivity contribution in [3.05, 3.63) is 60.7 Å². The second kappa shape index (κ2) is 7.94. The minimum atomic E-state index is -4.55. The first-order valence-electron chi connectivity index (χ1n) is 8.59. The Labute approximate surface area is 153 Å². The molecule has 2 rings (SSSR count). The number of benzene rings is 2. The van der Waals surface area contributed by atoms with Crippen molar-refractivity contribution in [3.8, 4) is 0 Å². The predicted octanol–water partition coefficient (Wildman–Crippen LogP) is 3.88. The molecule has 0 radical (unpaired) electrons. The van der Waals surface area contributed by atoms with E-state index in [2.05, 4.69) is 0 Å². The Hall–Kier alpha value is -1.63. The van der Waals surface area contributed by atoms with Crippen molar-refractivity contribution in [2.24, 2.45) is 0 Å². The van der Waals surface area contributed by atoms with E-state index in [0.717, 1.165) is 10.4 Å². The molecular formula is C20H25F3O2Si. The standard InChI is InChI=1S/C20H25F3O2Si/c1-19(2,3)26(16-10-6-4-7-11-16,17-12-8-5-9-13-17)25-18(14-15-24)20(21,22)23/h4-13,18,24H,14-15H2,1-3H3/t18-/m0/s1. The quantitative estimate of drug-likeness (QED) is 0.769. The van der Waals surface area contributed by atoms with E-state index in [0.29, 0.717) is 0 Å². The molecule has 0 unspecified atom stereocenters. The summed E-state index contributed by atoms with van der Waals surface area (Å²) in [5.74, 6) is 0. The normalized spacial score (nSPS) is 14.3. The minimum Gasteiger partial charge on any atom is -0.396 e. The van der Waals surface area contributed by atoms with Crippen molar-refractivity contribution in [2.45, 2.75) is 44.5 Å². The largest absolute Gasteiger partial charge is 0.413 e. The zero-order chi connectivity index (χ0) is 19.4. The van der Waals surface area contributed by atoms with Crippen molar-refractivity contribution < 1.29 is 22.7 Å². The summed E-state index contributed by atoms with van der Waals surface area (Å²) in [5.41, 5.74) is 0. The summed E-state index contributed by atoms with van der Waals surface area (Å²) < 4.78 is 47.0. The molecule has 0 aliphatic heterocycles. The summed E-state index contributed by atoms with van der Waals surface area (Å²) >= 11 is 0. The van der Waals surface area contributed by atoms with Gasteiger partial charge in [0.15, 0.2) is 0 Å². The van der Waals surface area contributed by atoms with Crippen LogP contribution in [0.4, 0.5) is 13.2 Å². The van der Waals surface area contributed by atoms with Crippen LogP contribution < -0.4 is 10.4 Å². The fourth-order valence-electron chi connectivity index (χ4n) is 3.31. The number of rotatable bonds is 6. The van der Waals surface area contributed by atoms with Gasteiger partial charge in [0.25, 0.3) is 8.32 Å². The summed E-state index contributed by atoms with van der Waals surface area (Å²) in [5, 5.41) is 10.2.